The van der Waals surface area contributed by atoms with Gasteiger partial charge in [-0.1, -0.05) is 12.1 Å². The number of nitriles is 1. The first kappa shape index (κ1) is 11.7. The fourth-order valence-corrected chi connectivity index (χ4v) is 1.56. The Morgan fingerprint density at radius 1 is 1.28 bits per heavy atom. The molecule has 90 valence electrons. The number of carbonyl (C=O) groups is 2. The topological polar surface area (TPSA) is 91.2 Å². The lowest BCUT2D eigenvalue weighted by atomic mass is 10.1. The van der Waals surface area contributed by atoms with Gasteiger partial charge in [-0.3, -0.25) is 4.79 Å². The quantitative estimate of drug-likeness (QED) is 0.436. The number of hydrogen-bond acceptors (Lipinski definition) is 5. The summed E-state index contributed by atoms with van der Waals surface area (Å²) in [6, 6.07) is 8.63. The molecular weight excluding hydrogens is 234 g/mol. The van der Waals surface area contributed by atoms with E-state index in [-0.39, 0.29) is 11.3 Å². The lowest BCUT2D eigenvalue weighted by Gasteiger charge is -2.21. The molecule has 1 aliphatic rings. The number of carbonyl (C=O) groups excluding carboxylic acids is 2. The van der Waals surface area contributed by atoms with Gasteiger partial charge in [-0.15, -0.1) is 0 Å². The lowest BCUT2D eigenvalue weighted by molar-refractivity contribution is -0.135. The van der Waals surface area contributed by atoms with Gasteiger partial charge in [0.1, 0.15) is 11.8 Å². The fourth-order valence-electron chi connectivity index (χ4n) is 1.56. The summed E-state index contributed by atoms with van der Waals surface area (Å²) in [6.07, 6.45) is 0. The number of methoxy groups -OCH3 is 1. The lowest BCUT2D eigenvalue weighted by Crippen LogP contribution is -2.28. The number of hydrogen-bond donors (Lipinski definition) is 2. The van der Waals surface area contributed by atoms with Crippen LogP contribution in [0.1, 0.15) is 0 Å². The Bertz CT molecular complexity index is 599. The molecule has 0 saturated carbocycles. The number of amides is 1. The molecule has 1 aliphatic heterocycles. The van der Waals surface area contributed by atoms with Gasteiger partial charge >= 0.3 is 5.97 Å². The minimum Gasteiger partial charge on any atom is -0.465 e. The smallest absolute Gasteiger partial charge is 0.350 e. The molecule has 0 saturated heterocycles. The summed E-state index contributed by atoms with van der Waals surface area (Å²) in [5.41, 5.74) is 0.740. The Labute approximate surface area is 103 Å². The number of anilines is 2. The predicted octanol–water partition coefficient (Wildman–Crippen LogP) is 1.00. The average Bonchev–Trinajstić information content (AvgIpc) is 2.39. The van der Waals surface area contributed by atoms with Crippen molar-refractivity contribution < 1.29 is 14.3 Å². The largest absolute Gasteiger partial charge is 0.465 e. The van der Waals surface area contributed by atoms with E-state index in [0.717, 1.165) is 7.11 Å². The van der Waals surface area contributed by atoms with Gasteiger partial charge in [-0.25, -0.2) is 4.79 Å². The maximum absolute atomic E-state index is 11.8. The first-order chi connectivity index (χ1) is 8.67. The second kappa shape index (κ2) is 4.59. The van der Waals surface area contributed by atoms with Crippen molar-refractivity contribution in [3.05, 3.63) is 35.5 Å². The second-order valence-corrected chi connectivity index (χ2v) is 3.48. The van der Waals surface area contributed by atoms with Crippen LogP contribution in [0.15, 0.2) is 35.5 Å². The zero-order valence-electron chi connectivity index (χ0n) is 9.48. The summed E-state index contributed by atoms with van der Waals surface area (Å²) in [5, 5.41) is 14.3. The van der Waals surface area contributed by atoms with Crippen molar-refractivity contribution in [2.45, 2.75) is 0 Å². The van der Waals surface area contributed by atoms with Crippen LogP contribution in [0.3, 0.4) is 0 Å². The van der Waals surface area contributed by atoms with Gasteiger partial charge in [0.25, 0.3) is 5.91 Å². The first-order valence-electron chi connectivity index (χ1n) is 5.07. The second-order valence-electron chi connectivity index (χ2n) is 3.48. The molecule has 0 atom stereocenters. The van der Waals surface area contributed by atoms with E-state index >= 15 is 0 Å². The Kier molecular flexibility index (Phi) is 2.98. The summed E-state index contributed by atoms with van der Waals surface area (Å²) in [5.74, 6) is -1.40. The maximum atomic E-state index is 11.8. The molecule has 1 heterocycles. The summed E-state index contributed by atoms with van der Waals surface area (Å²) < 4.78 is 4.45. The molecule has 0 aliphatic carbocycles. The van der Waals surface area contributed by atoms with Crippen molar-refractivity contribution in [3.63, 3.8) is 0 Å². The van der Waals surface area contributed by atoms with Crippen LogP contribution in [-0.2, 0) is 14.3 Å². The Balaban J connectivity index is 2.49. The van der Waals surface area contributed by atoms with Crippen LogP contribution < -0.4 is 10.6 Å². The Hall–Kier alpha value is -2.81. The summed E-state index contributed by atoms with van der Waals surface area (Å²) in [7, 11) is 1.15. The standard InChI is InChI=1S/C12H9N3O3/c1-18-12(17)7(6-13)10-11(16)15-9-5-3-2-4-8(9)14-10/h2-5,14H,1H3,(H,15,16)/b10-7+. The first-order valence-corrected chi connectivity index (χ1v) is 5.07. The number of ether oxygens (including phenoxy) is 1. The third-order valence-corrected chi connectivity index (χ3v) is 2.41. The zero-order valence-corrected chi connectivity index (χ0v) is 9.48. The highest BCUT2D eigenvalue weighted by molar-refractivity contribution is 6.15. The molecule has 2 rings (SSSR count). The highest BCUT2D eigenvalue weighted by Gasteiger charge is 2.26. The van der Waals surface area contributed by atoms with Crippen LogP contribution >= 0.6 is 0 Å². The van der Waals surface area contributed by atoms with Gasteiger partial charge in [0.05, 0.1) is 18.5 Å². The van der Waals surface area contributed by atoms with Gasteiger partial charge in [-0.05, 0) is 12.1 Å². The monoisotopic (exact) mass is 243 g/mol. The van der Waals surface area contributed by atoms with Crippen molar-refractivity contribution >= 4 is 23.3 Å². The van der Waals surface area contributed by atoms with Crippen molar-refractivity contribution in [2.24, 2.45) is 0 Å². The molecule has 0 spiro atoms. The molecule has 2 N–H and O–H groups in total. The summed E-state index contributed by atoms with van der Waals surface area (Å²) in [4.78, 5) is 23.2. The third-order valence-electron chi connectivity index (χ3n) is 2.41. The van der Waals surface area contributed by atoms with Gasteiger partial charge in [0, 0.05) is 0 Å². The number of rotatable bonds is 1. The number of nitrogens with one attached hydrogen (secondary N) is 2. The van der Waals surface area contributed by atoms with E-state index < -0.39 is 11.9 Å². The molecule has 1 aromatic carbocycles. The zero-order chi connectivity index (χ0) is 13.1. The molecule has 6 nitrogen and oxygen atoms in total. The van der Waals surface area contributed by atoms with E-state index in [0.29, 0.717) is 11.4 Å². The van der Waals surface area contributed by atoms with Crippen LogP contribution in [0.5, 0.6) is 0 Å². The number of benzene rings is 1. The molecular formula is C12H9N3O3. The molecule has 6 heteroatoms. The summed E-state index contributed by atoms with van der Waals surface area (Å²) >= 11 is 0. The SMILES string of the molecule is COC(=O)/C(C#N)=C1/Nc2ccccc2NC1=O. The van der Waals surface area contributed by atoms with Gasteiger partial charge in [-0.2, -0.15) is 5.26 Å². The predicted molar refractivity (Wildman–Crippen MR) is 63.3 cm³/mol. The van der Waals surface area contributed by atoms with E-state index in [1.54, 1.807) is 30.3 Å². The van der Waals surface area contributed by atoms with Crippen LogP contribution in [0.25, 0.3) is 0 Å². The van der Waals surface area contributed by atoms with E-state index in [1.807, 2.05) is 0 Å². The number of fused-ring (bicyclic) bond motifs is 1. The van der Waals surface area contributed by atoms with Crippen molar-refractivity contribution in [1.29, 1.82) is 5.26 Å². The number of nitrogens with zero attached hydrogens (tertiary/aromatic N) is 1. The van der Waals surface area contributed by atoms with Crippen LogP contribution in [0.2, 0.25) is 0 Å². The molecule has 0 radical (unpaired) electrons. The van der Waals surface area contributed by atoms with Crippen molar-refractivity contribution in [3.8, 4) is 6.07 Å². The number of para-hydroxylation sites is 2. The highest BCUT2D eigenvalue weighted by atomic mass is 16.5. The van der Waals surface area contributed by atoms with Crippen LogP contribution in [-0.4, -0.2) is 19.0 Å². The number of esters is 1. The van der Waals surface area contributed by atoms with Crippen molar-refractivity contribution in [2.75, 3.05) is 17.7 Å². The maximum Gasteiger partial charge on any atom is 0.350 e. The molecule has 0 unspecified atom stereocenters. The van der Waals surface area contributed by atoms with E-state index in [4.69, 9.17) is 5.26 Å². The van der Waals surface area contributed by atoms with Gasteiger partial charge < -0.3 is 15.4 Å². The highest BCUT2D eigenvalue weighted by Crippen LogP contribution is 2.28. The van der Waals surface area contributed by atoms with Gasteiger partial charge in [0.15, 0.2) is 5.57 Å². The fraction of sp³-hybridized carbons (Fsp3) is 0.0833. The van der Waals surface area contributed by atoms with E-state index in [1.165, 1.54) is 0 Å². The van der Waals surface area contributed by atoms with E-state index in [9.17, 15) is 9.59 Å². The normalized spacial score (nSPS) is 15.7. The van der Waals surface area contributed by atoms with Crippen molar-refractivity contribution in [1.82, 2.24) is 0 Å². The third kappa shape index (κ3) is 1.89. The van der Waals surface area contributed by atoms with Gasteiger partial charge in [0.2, 0.25) is 0 Å². The molecule has 0 bridgehead atoms. The molecule has 18 heavy (non-hydrogen) atoms. The van der Waals surface area contributed by atoms with Crippen LogP contribution in [0.4, 0.5) is 11.4 Å². The summed E-state index contributed by atoms with van der Waals surface area (Å²) in [6.45, 7) is 0. The average molecular weight is 243 g/mol. The molecule has 1 amide bonds. The van der Waals surface area contributed by atoms with Crippen LogP contribution in [0, 0.1) is 11.3 Å². The molecule has 0 fully saturated rings. The van der Waals surface area contributed by atoms with E-state index in [2.05, 4.69) is 15.4 Å². The molecule has 0 aromatic heterocycles. The Morgan fingerprint density at radius 2 is 1.89 bits per heavy atom. The molecule has 1 aromatic rings. The minimum absolute atomic E-state index is 0.108. The Morgan fingerprint density at radius 3 is 2.44 bits per heavy atom. The minimum atomic E-state index is -0.852.